The van der Waals surface area contributed by atoms with Crippen molar-refractivity contribution in [3.8, 4) is 17.0 Å². The highest BCUT2D eigenvalue weighted by Gasteiger charge is 2.33. The molecule has 1 aromatic heterocycles. The number of carbonyl (C=O) groups is 1. The summed E-state index contributed by atoms with van der Waals surface area (Å²) in [5.41, 5.74) is 0.395. The molecule has 3 rings (SSSR count). The zero-order chi connectivity index (χ0) is 26.5. The van der Waals surface area contributed by atoms with Crippen LogP contribution in [0.3, 0.4) is 0 Å². The van der Waals surface area contributed by atoms with Crippen LogP contribution in [-0.4, -0.2) is 28.5 Å². The van der Waals surface area contributed by atoms with Crippen molar-refractivity contribution in [2.24, 2.45) is 0 Å². The molecule has 0 aliphatic rings. The Morgan fingerprint density at radius 1 is 1.08 bits per heavy atom. The third-order valence-corrected chi connectivity index (χ3v) is 6.07. The van der Waals surface area contributed by atoms with Gasteiger partial charge in [0.1, 0.15) is 17.3 Å². The largest absolute Gasteiger partial charge is 0.496 e. The minimum absolute atomic E-state index is 0.0337. The summed E-state index contributed by atoms with van der Waals surface area (Å²) in [4.78, 5) is 16.6. The van der Waals surface area contributed by atoms with E-state index < -0.39 is 40.5 Å². The van der Waals surface area contributed by atoms with Gasteiger partial charge in [-0.3, -0.25) is 4.79 Å². The monoisotopic (exact) mass is 523 g/mol. The molecule has 11 heteroatoms. The summed E-state index contributed by atoms with van der Waals surface area (Å²) < 4.78 is 73.5. The first-order valence-electron chi connectivity index (χ1n) is 10.8. The van der Waals surface area contributed by atoms with E-state index in [0.717, 1.165) is 6.07 Å². The fourth-order valence-corrected chi connectivity index (χ4v) is 3.86. The molecule has 0 saturated heterocycles. The van der Waals surface area contributed by atoms with Crippen LogP contribution in [0.2, 0.25) is 0 Å². The second kappa shape index (κ2) is 11.6. The number of para-hydroxylation sites is 1. The molecule has 0 fully saturated rings. The number of amides is 1. The van der Waals surface area contributed by atoms with E-state index in [9.17, 15) is 26.6 Å². The van der Waals surface area contributed by atoms with Gasteiger partial charge in [-0.2, -0.15) is 13.2 Å². The van der Waals surface area contributed by atoms with Crippen molar-refractivity contribution < 1.29 is 31.3 Å². The molecule has 192 valence electrons. The molecular weight excluding hydrogens is 498 g/mol. The van der Waals surface area contributed by atoms with Crippen molar-refractivity contribution in [2.75, 3.05) is 13.4 Å². The fourth-order valence-electron chi connectivity index (χ4n) is 3.50. The molecule has 2 atom stereocenters. The van der Waals surface area contributed by atoms with Crippen LogP contribution in [0.25, 0.3) is 11.3 Å². The Kier molecular flexibility index (Phi) is 8.80. The molecule has 1 amide bonds. The Hall–Kier alpha value is -3.31. The number of pyridine rings is 1. The van der Waals surface area contributed by atoms with Crippen LogP contribution in [0.1, 0.15) is 35.2 Å². The Labute approximate surface area is 208 Å². The smallest absolute Gasteiger partial charge is 0.433 e. The number of benzene rings is 2. The Balaban J connectivity index is 1.82. The van der Waals surface area contributed by atoms with E-state index in [2.05, 4.69) is 15.0 Å². The summed E-state index contributed by atoms with van der Waals surface area (Å²) in [6.45, 7) is 1.56. The molecule has 0 saturated carbocycles. The van der Waals surface area contributed by atoms with Gasteiger partial charge < -0.3 is 10.1 Å². The normalized spacial score (nSPS) is 13.2. The number of halogens is 4. The van der Waals surface area contributed by atoms with Gasteiger partial charge in [-0.25, -0.2) is 18.3 Å². The van der Waals surface area contributed by atoms with Gasteiger partial charge in [-0.1, -0.05) is 30.3 Å². The number of nitrogens with one attached hydrogen (secondary N) is 2. The number of ether oxygens (including phenoxy) is 1. The first-order chi connectivity index (χ1) is 17.0. The highest BCUT2D eigenvalue weighted by atomic mass is 32.2. The van der Waals surface area contributed by atoms with Crippen molar-refractivity contribution >= 4 is 16.9 Å². The minimum Gasteiger partial charge on any atom is -0.496 e. The minimum atomic E-state index is -4.65. The number of rotatable bonds is 9. The van der Waals surface area contributed by atoms with Crippen molar-refractivity contribution in [1.29, 1.82) is 0 Å². The van der Waals surface area contributed by atoms with Crippen molar-refractivity contribution in [1.82, 2.24) is 15.0 Å². The molecule has 1 heterocycles. The number of hydrogen-bond acceptors (Lipinski definition) is 4. The van der Waals surface area contributed by atoms with Crippen molar-refractivity contribution in [3.05, 3.63) is 82.8 Å². The van der Waals surface area contributed by atoms with Crippen LogP contribution in [0.15, 0.2) is 54.6 Å². The van der Waals surface area contributed by atoms with E-state index in [1.54, 1.807) is 37.3 Å². The summed E-state index contributed by atoms with van der Waals surface area (Å²) >= 11 is 0. The van der Waals surface area contributed by atoms with Crippen LogP contribution in [0.4, 0.5) is 17.6 Å². The van der Waals surface area contributed by atoms with E-state index in [-0.39, 0.29) is 18.8 Å². The SMILES string of the molecule is COc1ccccc1-c1nc(C(F)(F)F)ccc1CNC(=O)C(C)c1ccc(CNS(C)=O)c(F)c1. The van der Waals surface area contributed by atoms with Crippen LogP contribution in [0.5, 0.6) is 5.75 Å². The molecule has 36 heavy (non-hydrogen) atoms. The topological polar surface area (TPSA) is 80.3 Å². The molecule has 3 aromatic rings. The van der Waals surface area contributed by atoms with Crippen LogP contribution in [0, 0.1) is 5.82 Å². The Bertz CT molecular complexity index is 1270. The van der Waals surface area contributed by atoms with Gasteiger partial charge in [0, 0.05) is 30.5 Å². The predicted molar refractivity (Wildman–Crippen MR) is 129 cm³/mol. The van der Waals surface area contributed by atoms with Crippen LogP contribution >= 0.6 is 0 Å². The number of hydrogen-bond donors (Lipinski definition) is 2. The van der Waals surface area contributed by atoms with Crippen molar-refractivity contribution in [3.63, 3.8) is 0 Å². The molecule has 0 aliphatic carbocycles. The van der Waals surface area contributed by atoms with Crippen LogP contribution < -0.4 is 14.8 Å². The lowest BCUT2D eigenvalue weighted by atomic mass is 9.98. The third-order valence-electron chi connectivity index (χ3n) is 5.52. The number of carbonyl (C=O) groups excluding carboxylic acids is 1. The summed E-state index contributed by atoms with van der Waals surface area (Å²) in [5.74, 6) is -1.39. The molecular formula is C25H25F4N3O3S. The molecule has 0 spiro atoms. The molecule has 0 bridgehead atoms. The molecule has 2 aromatic carbocycles. The first kappa shape index (κ1) is 27.3. The molecule has 2 N–H and O–H groups in total. The molecule has 2 unspecified atom stereocenters. The lowest BCUT2D eigenvalue weighted by Gasteiger charge is -2.17. The second-order valence-electron chi connectivity index (χ2n) is 7.97. The van der Waals surface area contributed by atoms with E-state index in [1.807, 2.05) is 0 Å². The number of aromatic nitrogens is 1. The van der Waals surface area contributed by atoms with Gasteiger partial charge in [0.2, 0.25) is 5.91 Å². The predicted octanol–water partition coefficient (Wildman–Crippen LogP) is 4.72. The Morgan fingerprint density at radius 2 is 1.78 bits per heavy atom. The fraction of sp³-hybridized carbons (Fsp3) is 0.280. The lowest BCUT2D eigenvalue weighted by Crippen LogP contribution is -2.28. The van der Waals surface area contributed by atoms with E-state index >= 15 is 0 Å². The molecule has 0 radical (unpaired) electrons. The third kappa shape index (κ3) is 6.67. The summed E-state index contributed by atoms with van der Waals surface area (Å²) in [5, 5.41) is 2.70. The molecule has 0 aliphatic heterocycles. The number of nitrogens with zero attached hydrogens (tertiary/aromatic N) is 1. The highest BCUT2D eigenvalue weighted by Crippen LogP contribution is 2.35. The maximum atomic E-state index is 14.4. The average Bonchev–Trinajstić information content (AvgIpc) is 2.85. The van der Waals surface area contributed by atoms with Gasteiger partial charge >= 0.3 is 6.18 Å². The van der Waals surface area contributed by atoms with Gasteiger partial charge in [0.05, 0.1) is 29.7 Å². The standard InChI is InChI=1S/C25H25F4N3O3S/c1-15(16-8-9-17(20(26)12-16)14-31-36(3)34)24(33)30-13-18-10-11-22(25(27,28)29)32-23(18)19-6-4-5-7-21(19)35-2/h4-12,15,31H,13-14H2,1-3H3,(H,30,33). The summed E-state index contributed by atoms with van der Waals surface area (Å²) in [6, 6.07) is 13.0. The van der Waals surface area contributed by atoms with E-state index in [1.165, 1.54) is 31.6 Å². The van der Waals surface area contributed by atoms with Crippen molar-refractivity contribution in [2.45, 2.75) is 32.1 Å². The van der Waals surface area contributed by atoms with E-state index in [4.69, 9.17) is 4.74 Å². The highest BCUT2D eigenvalue weighted by molar-refractivity contribution is 7.82. The average molecular weight is 524 g/mol. The van der Waals surface area contributed by atoms with Gasteiger partial charge in [-0.05, 0) is 42.3 Å². The van der Waals surface area contributed by atoms with Gasteiger partial charge in [-0.15, -0.1) is 0 Å². The summed E-state index contributed by atoms with van der Waals surface area (Å²) in [6.07, 6.45) is -3.21. The van der Waals surface area contributed by atoms with Crippen LogP contribution in [-0.2, 0) is 35.0 Å². The number of methoxy groups -OCH3 is 1. The maximum Gasteiger partial charge on any atom is 0.433 e. The van der Waals surface area contributed by atoms with E-state index in [0.29, 0.717) is 28.0 Å². The first-order valence-corrected chi connectivity index (χ1v) is 12.4. The lowest BCUT2D eigenvalue weighted by molar-refractivity contribution is -0.141. The number of alkyl halides is 3. The second-order valence-corrected chi connectivity index (χ2v) is 9.16. The maximum absolute atomic E-state index is 14.4. The summed E-state index contributed by atoms with van der Waals surface area (Å²) in [7, 11) is 0.103. The molecule has 6 nitrogen and oxygen atoms in total. The van der Waals surface area contributed by atoms with Gasteiger partial charge in [0.15, 0.2) is 0 Å². The quantitative estimate of drug-likeness (QED) is 0.398. The van der Waals surface area contributed by atoms with Gasteiger partial charge in [0.25, 0.3) is 0 Å². The zero-order valence-corrected chi connectivity index (χ0v) is 20.6. The zero-order valence-electron chi connectivity index (χ0n) is 19.8. The Morgan fingerprint density at radius 3 is 2.42 bits per heavy atom.